The SMILES string of the molecule is CC(C)(C)NC(=O)[C@H]1[C@H]2[C@@H](CO[Si](C)(C)C(C)(C)C)N2C[C@H]2CCCN21. The third-order valence-corrected chi connectivity index (χ3v) is 11.3. The number of nitrogens with one attached hydrogen (secondary N) is 1. The Morgan fingerprint density at radius 1 is 1.15 bits per heavy atom. The second-order valence-electron chi connectivity index (χ2n) is 11.0. The first-order chi connectivity index (χ1) is 11.8. The summed E-state index contributed by atoms with van der Waals surface area (Å²) in [6.45, 7) is 20.6. The number of amides is 1. The summed E-state index contributed by atoms with van der Waals surface area (Å²) in [4.78, 5) is 18.1. The van der Waals surface area contributed by atoms with Crippen LogP contribution in [0.4, 0.5) is 0 Å². The molecule has 3 aliphatic rings. The zero-order valence-corrected chi connectivity index (χ0v) is 19.1. The summed E-state index contributed by atoms with van der Waals surface area (Å²) in [5, 5.41) is 3.46. The molecule has 3 rings (SSSR count). The van der Waals surface area contributed by atoms with E-state index in [1.807, 2.05) is 0 Å². The van der Waals surface area contributed by atoms with Gasteiger partial charge in [-0.05, 0) is 58.3 Å². The molecule has 0 spiro atoms. The lowest BCUT2D eigenvalue weighted by atomic mass is 10.0. The summed E-state index contributed by atoms with van der Waals surface area (Å²) in [6.07, 6.45) is 2.44. The number of carbonyl (C=O) groups excluding carboxylic acids is 1. The molecule has 0 bridgehead atoms. The van der Waals surface area contributed by atoms with E-state index in [2.05, 4.69) is 69.8 Å². The standard InChI is InChI=1S/C20H39N3O2Si/c1-19(2,3)21-18(24)17-16-15(13-25-26(7,8)20(4,5)6)23(16)12-14-10-9-11-22(14)17/h14-17H,9-13H2,1-8H3,(H,21,24)/t14-,15-,16-,17-,23?/m1/s1. The maximum Gasteiger partial charge on any atom is 0.239 e. The van der Waals surface area contributed by atoms with Gasteiger partial charge >= 0.3 is 0 Å². The molecule has 0 radical (unpaired) electrons. The number of hydrogen-bond acceptors (Lipinski definition) is 4. The Morgan fingerprint density at radius 2 is 1.81 bits per heavy atom. The van der Waals surface area contributed by atoms with Crippen molar-refractivity contribution >= 4 is 14.2 Å². The first-order valence-electron chi connectivity index (χ1n) is 10.3. The van der Waals surface area contributed by atoms with Gasteiger partial charge in [0.05, 0.1) is 12.6 Å². The average Bonchev–Trinajstić information content (AvgIpc) is 2.92. The summed E-state index contributed by atoms with van der Waals surface area (Å²) in [6, 6.07) is 1.27. The molecule has 1 N–H and O–H groups in total. The second kappa shape index (κ2) is 6.57. The molecule has 3 saturated heterocycles. The topological polar surface area (TPSA) is 44.6 Å². The first-order valence-corrected chi connectivity index (χ1v) is 13.2. The molecule has 0 aromatic carbocycles. The Balaban J connectivity index is 1.70. The smallest absolute Gasteiger partial charge is 0.239 e. The van der Waals surface area contributed by atoms with E-state index in [1.54, 1.807) is 0 Å². The van der Waals surface area contributed by atoms with Gasteiger partial charge in [0.25, 0.3) is 0 Å². The average molecular weight is 382 g/mol. The Bertz CT molecular complexity index is 552. The molecule has 3 heterocycles. The van der Waals surface area contributed by atoms with E-state index < -0.39 is 8.32 Å². The maximum absolute atomic E-state index is 13.1. The van der Waals surface area contributed by atoms with Gasteiger partial charge in [0.1, 0.15) is 6.04 Å². The van der Waals surface area contributed by atoms with Gasteiger partial charge in [-0.25, -0.2) is 0 Å². The highest BCUT2D eigenvalue weighted by Gasteiger charge is 2.61. The lowest BCUT2D eigenvalue weighted by Gasteiger charge is -2.38. The molecular formula is C20H39N3O2Si. The normalized spacial score (nSPS) is 35.0. The molecule has 0 aromatic heterocycles. The van der Waals surface area contributed by atoms with Gasteiger partial charge in [0.2, 0.25) is 5.91 Å². The molecule has 5 nitrogen and oxygen atoms in total. The predicted octanol–water partition coefficient (Wildman–Crippen LogP) is 2.82. The molecule has 3 aliphatic heterocycles. The largest absolute Gasteiger partial charge is 0.415 e. The van der Waals surface area contributed by atoms with Crippen molar-refractivity contribution in [3.63, 3.8) is 0 Å². The minimum absolute atomic E-state index is 0.0107. The van der Waals surface area contributed by atoms with Crippen molar-refractivity contribution < 1.29 is 9.22 Å². The van der Waals surface area contributed by atoms with Gasteiger partial charge < -0.3 is 9.74 Å². The van der Waals surface area contributed by atoms with Crippen LogP contribution >= 0.6 is 0 Å². The fourth-order valence-corrected chi connectivity index (χ4v) is 5.34. The number of hydrogen-bond donors (Lipinski definition) is 1. The fraction of sp³-hybridized carbons (Fsp3) is 0.950. The molecule has 0 aromatic rings. The van der Waals surface area contributed by atoms with Crippen LogP contribution in [-0.4, -0.2) is 73.4 Å². The van der Waals surface area contributed by atoms with Crippen LogP contribution in [-0.2, 0) is 9.22 Å². The molecule has 3 fully saturated rings. The number of piperazine rings is 1. The lowest BCUT2D eigenvalue weighted by molar-refractivity contribution is -0.129. The number of nitrogens with zero attached hydrogens (tertiary/aromatic N) is 2. The summed E-state index contributed by atoms with van der Waals surface area (Å²) in [7, 11) is -1.75. The molecule has 5 atom stereocenters. The van der Waals surface area contributed by atoms with Crippen LogP contribution in [0.2, 0.25) is 18.1 Å². The maximum atomic E-state index is 13.1. The van der Waals surface area contributed by atoms with Crippen molar-refractivity contribution in [2.45, 2.75) is 102 Å². The molecule has 26 heavy (non-hydrogen) atoms. The third-order valence-electron chi connectivity index (χ3n) is 6.83. The van der Waals surface area contributed by atoms with E-state index >= 15 is 0 Å². The van der Waals surface area contributed by atoms with Crippen LogP contribution in [0.1, 0.15) is 54.4 Å². The highest BCUT2D eigenvalue weighted by atomic mass is 28.4. The van der Waals surface area contributed by atoms with E-state index in [9.17, 15) is 4.79 Å². The van der Waals surface area contributed by atoms with E-state index in [-0.39, 0.29) is 22.5 Å². The molecule has 0 aliphatic carbocycles. The van der Waals surface area contributed by atoms with Gasteiger partial charge in [0, 0.05) is 24.2 Å². The third kappa shape index (κ3) is 3.89. The van der Waals surface area contributed by atoms with Crippen LogP contribution in [0.15, 0.2) is 0 Å². The van der Waals surface area contributed by atoms with Gasteiger partial charge in [-0.3, -0.25) is 14.6 Å². The monoisotopic (exact) mass is 381 g/mol. The number of carbonyl (C=O) groups is 1. The quantitative estimate of drug-likeness (QED) is 0.601. The minimum Gasteiger partial charge on any atom is -0.415 e. The molecule has 1 amide bonds. The summed E-state index contributed by atoms with van der Waals surface area (Å²) >= 11 is 0. The Morgan fingerprint density at radius 3 is 2.38 bits per heavy atom. The number of fused-ring (bicyclic) bond motifs is 2. The van der Waals surface area contributed by atoms with Crippen molar-refractivity contribution in [2.24, 2.45) is 0 Å². The van der Waals surface area contributed by atoms with E-state index in [4.69, 9.17) is 4.43 Å². The summed E-state index contributed by atoms with van der Waals surface area (Å²) in [5.74, 6) is 0.203. The van der Waals surface area contributed by atoms with Crippen LogP contribution < -0.4 is 5.32 Å². The number of rotatable bonds is 4. The van der Waals surface area contributed by atoms with Gasteiger partial charge in [-0.2, -0.15) is 0 Å². The van der Waals surface area contributed by atoms with Crippen molar-refractivity contribution in [2.75, 3.05) is 19.7 Å². The lowest BCUT2D eigenvalue weighted by Crippen LogP contribution is -2.59. The predicted molar refractivity (Wildman–Crippen MR) is 109 cm³/mol. The second-order valence-corrected chi connectivity index (χ2v) is 15.9. The Labute approximate surface area is 161 Å². The van der Waals surface area contributed by atoms with Gasteiger partial charge in [0.15, 0.2) is 8.32 Å². The molecule has 1 unspecified atom stereocenters. The van der Waals surface area contributed by atoms with E-state index in [1.165, 1.54) is 12.8 Å². The highest BCUT2D eigenvalue weighted by molar-refractivity contribution is 6.74. The van der Waals surface area contributed by atoms with Crippen molar-refractivity contribution in [3.8, 4) is 0 Å². The molecule has 6 heteroatoms. The zero-order valence-electron chi connectivity index (χ0n) is 18.1. The van der Waals surface area contributed by atoms with Crippen molar-refractivity contribution in [3.05, 3.63) is 0 Å². The van der Waals surface area contributed by atoms with Crippen LogP contribution in [0.5, 0.6) is 0 Å². The van der Waals surface area contributed by atoms with Gasteiger partial charge in [-0.1, -0.05) is 20.8 Å². The van der Waals surface area contributed by atoms with Crippen LogP contribution in [0.25, 0.3) is 0 Å². The first kappa shape index (κ1) is 20.3. The van der Waals surface area contributed by atoms with Crippen molar-refractivity contribution in [1.82, 2.24) is 15.1 Å². The Hall–Kier alpha value is -0.433. The van der Waals surface area contributed by atoms with Gasteiger partial charge in [-0.15, -0.1) is 0 Å². The fourth-order valence-electron chi connectivity index (χ4n) is 4.32. The zero-order chi connectivity index (χ0) is 19.5. The molecule has 0 saturated carbocycles. The van der Waals surface area contributed by atoms with Crippen molar-refractivity contribution in [1.29, 1.82) is 0 Å². The minimum atomic E-state index is -1.75. The molecule has 150 valence electrons. The highest BCUT2D eigenvalue weighted by Crippen LogP contribution is 2.44. The van der Waals surface area contributed by atoms with E-state index in [0.717, 1.165) is 19.7 Å². The summed E-state index contributed by atoms with van der Waals surface area (Å²) < 4.78 is 6.51. The Kier molecular flexibility index (Phi) is 5.13. The molecular weight excluding hydrogens is 342 g/mol. The van der Waals surface area contributed by atoms with Crippen LogP contribution in [0, 0.1) is 0 Å². The van der Waals surface area contributed by atoms with Crippen LogP contribution in [0.3, 0.4) is 0 Å². The van der Waals surface area contributed by atoms with E-state index in [0.29, 0.717) is 18.1 Å². The summed E-state index contributed by atoms with van der Waals surface area (Å²) in [5.41, 5.74) is -0.184.